The normalized spacial score (nSPS) is 21.1. The lowest BCUT2D eigenvalue weighted by Gasteiger charge is -2.33. The van der Waals surface area contributed by atoms with Crippen molar-refractivity contribution < 1.29 is 4.79 Å². The van der Waals surface area contributed by atoms with Crippen LogP contribution in [0, 0.1) is 5.92 Å². The third-order valence-electron chi connectivity index (χ3n) is 5.29. The number of hydrogen-bond donors (Lipinski definition) is 1. The fraction of sp³-hybridized carbons (Fsp3) is 0.632. The molecule has 3 nitrogen and oxygen atoms in total. The molecule has 2 fully saturated rings. The molecular weight excluding hydrogens is 272 g/mol. The average Bonchev–Trinajstić information content (AvgIpc) is 3.08. The van der Waals surface area contributed by atoms with Crippen LogP contribution in [0.5, 0.6) is 0 Å². The van der Waals surface area contributed by atoms with Crippen molar-refractivity contribution >= 4 is 5.91 Å². The summed E-state index contributed by atoms with van der Waals surface area (Å²) in [5, 5.41) is 3.19. The Bertz CT molecular complexity index is 460. The molecule has 1 saturated carbocycles. The van der Waals surface area contributed by atoms with Crippen LogP contribution in [0.2, 0.25) is 0 Å². The van der Waals surface area contributed by atoms with Gasteiger partial charge in [0, 0.05) is 24.7 Å². The first-order valence-electron chi connectivity index (χ1n) is 8.89. The third-order valence-corrected chi connectivity index (χ3v) is 5.29. The highest BCUT2D eigenvalue weighted by Gasteiger charge is 2.22. The van der Waals surface area contributed by atoms with Crippen molar-refractivity contribution in [2.45, 2.75) is 51.0 Å². The van der Waals surface area contributed by atoms with Gasteiger partial charge in [-0.2, -0.15) is 0 Å². The summed E-state index contributed by atoms with van der Waals surface area (Å²) in [5.41, 5.74) is 0.770. The zero-order valence-corrected chi connectivity index (χ0v) is 13.5. The van der Waals surface area contributed by atoms with Crippen molar-refractivity contribution in [1.82, 2.24) is 10.2 Å². The first-order valence-corrected chi connectivity index (χ1v) is 8.89. The predicted octanol–water partition coefficient (Wildman–Crippen LogP) is 3.46. The molecule has 0 aromatic heterocycles. The molecule has 1 saturated heterocycles. The van der Waals surface area contributed by atoms with Gasteiger partial charge in [0.1, 0.15) is 0 Å². The Labute approximate surface area is 134 Å². The van der Waals surface area contributed by atoms with E-state index in [0.717, 1.165) is 37.4 Å². The number of benzene rings is 1. The van der Waals surface area contributed by atoms with Crippen molar-refractivity contribution in [2.75, 3.05) is 19.6 Å². The summed E-state index contributed by atoms with van der Waals surface area (Å²) in [6, 6.07) is 9.88. The van der Waals surface area contributed by atoms with Crippen molar-refractivity contribution in [3.05, 3.63) is 35.9 Å². The van der Waals surface area contributed by atoms with E-state index in [1.54, 1.807) is 0 Å². The third kappa shape index (κ3) is 4.33. The summed E-state index contributed by atoms with van der Waals surface area (Å²) >= 11 is 0. The van der Waals surface area contributed by atoms with Crippen molar-refractivity contribution in [2.24, 2.45) is 5.92 Å². The first-order chi connectivity index (χ1) is 10.8. The second-order valence-electron chi connectivity index (χ2n) is 6.89. The highest BCUT2D eigenvalue weighted by molar-refractivity contribution is 5.94. The molecule has 120 valence electrons. The molecule has 3 heteroatoms. The SMILES string of the molecule is O=C(NC1CCN(CCC2CCCC2)CC1)c1ccccc1. The van der Waals surface area contributed by atoms with Gasteiger partial charge in [0.15, 0.2) is 0 Å². The van der Waals surface area contributed by atoms with Gasteiger partial charge in [0.2, 0.25) is 0 Å². The highest BCUT2D eigenvalue weighted by Crippen LogP contribution is 2.28. The minimum atomic E-state index is 0.0741. The van der Waals surface area contributed by atoms with E-state index in [1.165, 1.54) is 38.6 Å². The summed E-state index contributed by atoms with van der Waals surface area (Å²) in [5.74, 6) is 1.06. The molecule has 0 unspecified atom stereocenters. The Morgan fingerprint density at radius 2 is 1.73 bits per heavy atom. The number of piperidine rings is 1. The molecule has 2 aliphatic rings. The molecule has 0 spiro atoms. The van der Waals surface area contributed by atoms with Crippen LogP contribution >= 0.6 is 0 Å². The summed E-state index contributed by atoms with van der Waals surface area (Å²) in [6.45, 7) is 3.52. The lowest BCUT2D eigenvalue weighted by Crippen LogP contribution is -2.45. The van der Waals surface area contributed by atoms with E-state index in [9.17, 15) is 4.79 Å². The number of carbonyl (C=O) groups excluding carboxylic acids is 1. The molecule has 3 rings (SSSR count). The van der Waals surface area contributed by atoms with E-state index in [0.29, 0.717) is 6.04 Å². The Hall–Kier alpha value is -1.35. The Morgan fingerprint density at radius 3 is 2.41 bits per heavy atom. The minimum Gasteiger partial charge on any atom is -0.349 e. The van der Waals surface area contributed by atoms with Gasteiger partial charge in [-0.1, -0.05) is 43.9 Å². The molecule has 1 aromatic rings. The molecule has 0 atom stereocenters. The summed E-state index contributed by atoms with van der Waals surface area (Å²) < 4.78 is 0. The first kappa shape index (κ1) is 15.5. The Kier molecular flexibility index (Phi) is 5.49. The Balaban J connectivity index is 1.37. The number of hydrogen-bond acceptors (Lipinski definition) is 2. The predicted molar refractivity (Wildman–Crippen MR) is 89.9 cm³/mol. The fourth-order valence-electron chi connectivity index (χ4n) is 3.82. The molecule has 1 heterocycles. The number of nitrogens with one attached hydrogen (secondary N) is 1. The minimum absolute atomic E-state index is 0.0741. The van der Waals surface area contributed by atoms with Gasteiger partial charge in [-0.3, -0.25) is 4.79 Å². The van der Waals surface area contributed by atoms with Crippen LogP contribution in [0.3, 0.4) is 0 Å². The molecule has 0 radical (unpaired) electrons. The number of amides is 1. The van der Waals surface area contributed by atoms with Gasteiger partial charge < -0.3 is 10.2 Å². The molecule has 1 aliphatic heterocycles. The van der Waals surface area contributed by atoms with Crippen LogP contribution < -0.4 is 5.32 Å². The van der Waals surface area contributed by atoms with Crippen LogP contribution in [0.1, 0.15) is 55.3 Å². The summed E-state index contributed by atoms with van der Waals surface area (Å²) in [7, 11) is 0. The number of carbonyl (C=O) groups is 1. The van der Waals surface area contributed by atoms with Crippen molar-refractivity contribution in [1.29, 1.82) is 0 Å². The largest absolute Gasteiger partial charge is 0.349 e. The lowest BCUT2D eigenvalue weighted by atomic mass is 10.0. The maximum Gasteiger partial charge on any atom is 0.251 e. The standard InChI is InChI=1S/C19H28N2O/c22-19(17-8-2-1-3-9-17)20-18-11-14-21(15-12-18)13-10-16-6-4-5-7-16/h1-3,8-9,16,18H,4-7,10-15H2,(H,20,22). The second-order valence-corrected chi connectivity index (χ2v) is 6.89. The summed E-state index contributed by atoms with van der Waals surface area (Å²) in [6.07, 6.45) is 9.33. The van der Waals surface area contributed by atoms with Crippen LogP contribution in [0.15, 0.2) is 30.3 Å². The van der Waals surface area contributed by atoms with Gasteiger partial charge in [-0.05, 0) is 43.9 Å². The molecule has 0 bridgehead atoms. The van der Waals surface area contributed by atoms with E-state index >= 15 is 0 Å². The van der Waals surface area contributed by atoms with E-state index in [2.05, 4.69) is 10.2 Å². The van der Waals surface area contributed by atoms with Crippen LogP contribution in [0.25, 0.3) is 0 Å². The topological polar surface area (TPSA) is 32.3 Å². The average molecular weight is 300 g/mol. The Morgan fingerprint density at radius 1 is 1.05 bits per heavy atom. The molecule has 1 amide bonds. The van der Waals surface area contributed by atoms with E-state index in [-0.39, 0.29) is 5.91 Å². The monoisotopic (exact) mass is 300 g/mol. The number of likely N-dealkylation sites (tertiary alicyclic amines) is 1. The highest BCUT2D eigenvalue weighted by atomic mass is 16.1. The van der Waals surface area contributed by atoms with Crippen molar-refractivity contribution in [3.8, 4) is 0 Å². The maximum absolute atomic E-state index is 12.2. The van der Waals surface area contributed by atoms with E-state index in [1.807, 2.05) is 30.3 Å². The zero-order chi connectivity index (χ0) is 15.2. The van der Waals surface area contributed by atoms with Crippen LogP contribution in [-0.4, -0.2) is 36.5 Å². The molecule has 1 aliphatic carbocycles. The summed E-state index contributed by atoms with van der Waals surface area (Å²) in [4.78, 5) is 14.8. The molecule has 22 heavy (non-hydrogen) atoms. The molecule has 1 aromatic carbocycles. The van der Waals surface area contributed by atoms with E-state index in [4.69, 9.17) is 0 Å². The zero-order valence-electron chi connectivity index (χ0n) is 13.5. The van der Waals surface area contributed by atoms with Gasteiger partial charge in [-0.25, -0.2) is 0 Å². The quantitative estimate of drug-likeness (QED) is 0.903. The van der Waals surface area contributed by atoms with E-state index < -0.39 is 0 Å². The number of nitrogens with zero attached hydrogens (tertiary/aromatic N) is 1. The van der Waals surface area contributed by atoms with Gasteiger partial charge in [0.05, 0.1) is 0 Å². The van der Waals surface area contributed by atoms with Gasteiger partial charge in [-0.15, -0.1) is 0 Å². The van der Waals surface area contributed by atoms with Gasteiger partial charge >= 0.3 is 0 Å². The molecule has 1 N–H and O–H groups in total. The van der Waals surface area contributed by atoms with Gasteiger partial charge in [0.25, 0.3) is 5.91 Å². The van der Waals surface area contributed by atoms with Crippen LogP contribution in [-0.2, 0) is 0 Å². The van der Waals surface area contributed by atoms with Crippen molar-refractivity contribution in [3.63, 3.8) is 0 Å². The smallest absolute Gasteiger partial charge is 0.251 e. The maximum atomic E-state index is 12.2. The van der Waals surface area contributed by atoms with Crippen LogP contribution in [0.4, 0.5) is 0 Å². The lowest BCUT2D eigenvalue weighted by molar-refractivity contribution is 0.0909. The molecular formula is C19H28N2O. The number of rotatable bonds is 5. The second kappa shape index (κ2) is 7.77. The fourth-order valence-corrected chi connectivity index (χ4v) is 3.82.